The molecule has 0 bridgehead atoms. The van der Waals surface area contributed by atoms with Crippen LogP contribution in [0.4, 0.5) is 18.9 Å². The van der Waals surface area contributed by atoms with Gasteiger partial charge in [0.25, 0.3) is 5.91 Å². The van der Waals surface area contributed by atoms with Crippen LogP contribution in [0.5, 0.6) is 5.88 Å². The molecule has 0 radical (unpaired) electrons. The van der Waals surface area contributed by atoms with E-state index in [0.717, 1.165) is 31.4 Å². The first kappa shape index (κ1) is 20.0. The van der Waals surface area contributed by atoms with Crippen molar-refractivity contribution in [2.75, 3.05) is 18.7 Å². The Morgan fingerprint density at radius 3 is 2.57 bits per heavy atom. The van der Waals surface area contributed by atoms with E-state index >= 15 is 0 Å². The van der Waals surface area contributed by atoms with Crippen LogP contribution in [-0.4, -0.2) is 30.7 Å². The van der Waals surface area contributed by atoms with Gasteiger partial charge < -0.3 is 4.74 Å². The molecular weight excluding hydrogens is 371 g/mol. The van der Waals surface area contributed by atoms with Crippen LogP contribution in [0, 0.1) is 0 Å². The van der Waals surface area contributed by atoms with Gasteiger partial charge in [-0.15, -0.1) is 0 Å². The highest BCUT2D eigenvalue weighted by Crippen LogP contribution is 2.38. The predicted molar refractivity (Wildman–Crippen MR) is 99.3 cm³/mol. The second-order valence-electron chi connectivity index (χ2n) is 6.84. The minimum atomic E-state index is -4.44. The number of nitrogens with zero attached hydrogens (tertiary/aromatic N) is 2. The third-order valence-corrected chi connectivity index (χ3v) is 4.72. The number of hydrogen-bond donors (Lipinski definition) is 1. The van der Waals surface area contributed by atoms with E-state index in [4.69, 9.17) is 4.74 Å². The maximum absolute atomic E-state index is 12.6. The molecule has 0 saturated heterocycles. The smallest absolute Gasteiger partial charge is 0.422 e. The number of anilines is 1. The number of benzene rings is 1. The number of carbonyl (C=O) groups is 1. The number of hydrogen-bond acceptors (Lipinski definition) is 4. The van der Waals surface area contributed by atoms with Crippen LogP contribution in [0.3, 0.4) is 0 Å². The Labute approximate surface area is 161 Å². The number of aromatic nitrogens is 1. The quantitative estimate of drug-likeness (QED) is 0.736. The van der Waals surface area contributed by atoms with Crippen molar-refractivity contribution in [2.45, 2.75) is 37.8 Å². The topological polar surface area (TPSA) is 54.5 Å². The molecule has 3 rings (SSSR count). The zero-order valence-electron chi connectivity index (χ0n) is 15.5. The minimum Gasteiger partial charge on any atom is -0.468 e. The van der Waals surface area contributed by atoms with E-state index in [1.165, 1.54) is 6.20 Å². The van der Waals surface area contributed by atoms with Crippen LogP contribution in [0.25, 0.3) is 0 Å². The number of rotatable bonds is 6. The molecule has 0 atom stereocenters. The van der Waals surface area contributed by atoms with E-state index in [2.05, 4.69) is 10.4 Å². The SMILES string of the molecule is CN(NC(=O)c1cnc(OCC(F)(F)F)c(C2CCCC2)c1)c1ccccc1. The van der Waals surface area contributed by atoms with Crippen LogP contribution in [0.1, 0.15) is 47.5 Å². The summed E-state index contributed by atoms with van der Waals surface area (Å²) in [7, 11) is 1.71. The summed E-state index contributed by atoms with van der Waals surface area (Å²) in [5, 5.41) is 1.58. The number of halogens is 3. The number of pyridine rings is 1. The number of nitrogens with one attached hydrogen (secondary N) is 1. The van der Waals surface area contributed by atoms with Crippen LogP contribution in [0.15, 0.2) is 42.6 Å². The molecule has 150 valence electrons. The fraction of sp³-hybridized carbons (Fsp3) is 0.400. The Kier molecular flexibility index (Phi) is 6.06. The summed E-state index contributed by atoms with van der Waals surface area (Å²) in [6.07, 6.45) is 0.493. The fourth-order valence-corrected chi connectivity index (χ4v) is 3.33. The lowest BCUT2D eigenvalue weighted by molar-refractivity contribution is -0.154. The normalized spacial score (nSPS) is 14.7. The molecule has 2 aromatic rings. The van der Waals surface area contributed by atoms with Crippen LogP contribution < -0.4 is 15.2 Å². The van der Waals surface area contributed by atoms with Crippen molar-refractivity contribution in [3.8, 4) is 5.88 Å². The second kappa shape index (κ2) is 8.50. The fourth-order valence-electron chi connectivity index (χ4n) is 3.33. The lowest BCUT2D eigenvalue weighted by Crippen LogP contribution is -2.39. The molecule has 1 N–H and O–H groups in total. The van der Waals surface area contributed by atoms with Gasteiger partial charge in [-0.05, 0) is 37.0 Å². The van der Waals surface area contributed by atoms with Gasteiger partial charge in [0.2, 0.25) is 5.88 Å². The van der Waals surface area contributed by atoms with Gasteiger partial charge in [-0.3, -0.25) is 15.2 Å². The van der Waals surface area contributed by atoms with Crippen LogP contribution in [-0.2, 0) is 0 Å². The molecule has 0 spiro atoms. The van der Waals surface area contributed by atoms with E-state index in [0.29, 0.717) is 5.56 Å². The lowest BCUT2D eigenvalue weighted by atomic mass is 9.97. The summed E-state index contributed by atoms with van der Waals surface area (Å²) in [6, 6.07) is 10.9. The summed E-state index contributed by atoms with van der Waals surface area (Å²) in [6.45, 7) is -1.40. The number of hydrazine groups is 1. The van der Waals surface area contributed by atoms with Crippen molar-refractivity contribution in [3.05, 3.63) is 53.7 Å². The minimum absolute atomic E-state index is 0.0443. The van der Waals surface area contributed by atoms with Crippen molar-refractivity contribution in [1.29, 1.82) is 0 Å². The van der Waals surface area contributed by atoms with E-state index in [9.17, 15) is 18.0 Å². The molecule has 1 amide bonds. The Bertz CT molecular complexity index is 806. The summed E-state index contributed by atoms with van der Waals surface area (Å²) < 4.78 is 42.5. The largest absolute Gasteiger partial charge is 0.468 e. The summed E-state index contributed by atoms with van der Waals surface area (Å²) in [5.74, 6) is -0.381. The van der Waals surface area contributed by atoms with Crippen molar-refractivity contribution in [2.24, 2.45) is 0 Å². The molecule has 5 nitrogen and oxygen atoms in total. The molecule has 1 heterocycles. The van der Waals surface area contributed by atoms with E-state index < -0.39 is 12.8 Å². The molecule has 1 aliphatic rings. The number of carbonyl (C=O) groups excluding carboxylic acids is 1. The lowest BCUT2D eigenvalue weighted by Gasteiger charge is -2.21. The van der Waals surface area contributed by atoms with Gasteiger partial charge in [-0.1, -0.05) is 31.0 Å². The van der Waals surface area contributed by atoms with Crippen molar-refractivity contribution in [3.63, 3.8) is 0 Å². The highest BCUT2D eigenvalue weighted by Gasteiger charge is 2.30. The van der Waals surface area contributed by atoms with E-state index in [1.54, 1.807) is 18.1 Å². The molecule has 1 saturated carbocycles. The van der Waals surface area contributed by atoms with Gasteiger partial charge in [0.1, 0.15) is 0 Å². The third-order valence-electron chi connectivity index (χ3n) is 4.72. The van der Waals surface area contributed by atoms with E-state index in [1.807, 2.05) is 30.3 Å². The molecule has 1 fully saturated rings. The highest BCUT2D eigenvalue weighted by molar-refractivity contribution is 5.95. The Morgan fingerprint density at radius 2 is 1.93 bits per heavy atom. The van der Waals surface area contributed by atoms with Gasteiger partial charge in [0, 0.05) is 18.8 Å². The second-order valence-corrected chi connectivity index (χ2v) is 6.84. The first-order valence-corrected chi connectivity index (χ1v) is 9.13. The zero-order valence-corrected chi connectivity index (χ0v) is 15.5. The molecule has 8 heteroatoms. The standard InChI is InChI=1S/C20H22F3N3O2/c1-26(16-9-3-2-4-10-16)25-18(27)15-11-17(14-7-5-6-8-14)19(24-12-15)28-13-20(21,22)23/h2-4,9-12,14H,5-8,13H2,1H3,(H,25,27). The summed E-state index contributed by atoms with van der Waals surface area (Å²) in [5.41, 5.74) is 4.38. The monoisotopic (exact) mass is 393 g/mol. The van der Waals surface area contributed by atoms with Gasteiger partial charge in [-0.25, -0.2) is 4.98 Å². The summed E-state index contributed by atoms with van der Waals surface area (Å²) >= 11 is 0. The Hall–Kier alpha value is -2.77. The van der Waals surface area contributed by atoms with Gasteiger partial charge >= 0.3 is 6.18 Å². The molecule has 1 aromatic carbocycles. The molecule has 0 unspecified atom stereocenters. The number of para-hydroxylation sites is 1. The number of amides is 1. The zero-order chi connectivity index (χ0) is 20.1. The first-order valence-electron chi connectivity index (χ1n) is 9.13. The van der Waals surface area contributed by atoms with Gasteiger partial charge in [-0.2, -0.15) is 13.2 Å². The van der Waals surface area contributed by atoms with Crippen molar-refractivity contribution >= 4 is 11.6 Å². The molecule has 1 aliphatic carbocycles. The van der Waals surface area contributed by atoms with E-state index in [-0.39, 0.29) is 23.3 Å². The van der Waals surface area contributed by atoms with Gasteiger partial charge in [0.05, 0.1) is 11.3 Å². The molecule has 0 aliphatic heterocycles. The number of alkyl halides is 3. The molecule has 1 aromatic heterocycles. The Morgan fingerprint density at radius 1 is 1.25 bits per heavy atom. The predicted octanol–water partition coefficient (Wildman–Crippen LogP) is 4.46. The van der Waals surface area contributed by atoms with Crippen LogP contribution >= 0.6 is 0 Å². The third kappa shape index (κ3) is 5.15. The Balaban J connectivity index is 1.79. The maximum atomic E-state index is 12.6. The summed E-state index contributed by atoms with van der Waals surface area (Å²) in [4.78, 5) is 16.6. The van der Waals surface area contributed by atoms with Crippen molar-refractivity contribution < 1.29 is 22.7 Å². The average molecular weight is 393 g/mol. The maximum Gasteiger partial charge on any atom is 0.422 e. The first-order chi connectivity index (χ1) is 13.3. The average Bonchev–Trinajstić information content (AvgIpc) is 3.21. The van der Waals surface area contributed by atoms with Gasteiger partial charge in [0.15, 0.2) is 6.61 Å². The van der Waals surface area contributed by atoms with Crippen LogP contribution in [0.2, 0.25) is 0 Å². The molecular formula is C20H22F3N3O2. The number of ether oxygens (including phenoxy) is 1. The highest BCUT2D eigenvalue weighted by atomic mass is 19.4. The van der Waals surface area contributed by atoms with Crippen molar-refractivity contribution in [1.82, 2.24) is 10.4 Å². The molecule has 28 heavy (non-hydrogen) atoms.